The van der Waals surface area contributed by atoms with Crippen molar-refractivity contribution in [3.63, 3.8) is 0 Å². The minimum Gasteiger partial charge on any atom is -0.380 e. The van der Waals surface area contributed by atoms with E-state index in [2.05, 4.69) is 5.32 Å². The lowest BCUT2D eigenvalue weighted by Gasteiger charge is -2.31. The first-order valence-electron chi connectivity index (χ1n) is 6.45. The van der Waals surface area contributed by atoms with Crippen LogP contribution >= 0.6 is 0 Å². The molecule has 0 aliphatic carbocycles. The maximum atomic E-state index is 12.2. The van der Waals surface area contributed by atoms with E-state index in [1.54, 1.807) is 12.0 Å². The molecule has 19 heavy (non-hydrogen) atoms. The molecule has 5 heteroatoms. The Balaban J connectivity index is 2.02. The van der Waals surface area contributed by atoms with Crippen LogP contribution in [0.3, 0.4) is 0 Å². The van der Waals surface area contributed by atoms with Crippen molar-refractivity contribution in [2.45, 2.75) is 19.6 Å². The minimum atomic E-state index is -0.0845. The Hall–Kier alpha value is -1.59. The zero-order valence-electron chi connectivity index (χ0n) is 11.4. The molecular weight excluding hydrogens is 244 g/mol. The fourth-order valence-corrected chi connectivity index (χ4v) is 2.12. The molecule has 1 aliphatic rings. The van der Waals surface area contributed by atoms with Crippen LogP contribution in [0.15, 0.2) is 24.3 Å². The molecule has 0 saturated carbocycles. The zero-order chi connectivity index (χ0) is 13.7. The summed E-state index contributed by atoms with van der Waals surface area (Å²) in [5.74, 6) is 0. The van der Waals surface area contributed by atoms with Crippen molar-refractivity contribution in [1.82, 2.24) is 4.90 Å². The van der Waals surface area contributed by atoms with Gasteiger partial charge < -0.3 is 19.7 Å². The lowest BCUT2D eigenvalue weighted by molar-refractivity contribution is -0.00139. The number of urea groups is 1. The summed E-state index contributed by atoms with van der Waals surface area (Å²) >= 11 is 0. The summed E-state index contributed by atoms with van der Waals surface area (Å²) < 4.78 is 10.6. The molecule has 2 amide bonds. The Morgan fingerprint density at radius 2 is 2.32 bits per heavy atom. The predicted molar refractivity (Wildman–Crippen MR) is 73.2 cm³/mol. The smallest absolute Gasteiger partial charge is 0.322 e. The van der Waals surface area contributed by atoms with E-state index in [1.807, 2.05) is 31.2 Å². The molecule has 1 heterocycles. The van der Waals surface area contributed by atoms with Gasteiger partial charge in [-0.2, -0.15) is 0 Å². The highest BCUT2D eigenvalue weighted by atomic mass is 16.5. The highest BCUT2D eigenvalue weighted by molar-refractivity contribution is 5.90. The first-order valence-corrected chi connectivity index (χ1v) is 6.45. The van der Waals surface area contributed by atoms with Gasteiger partial charge in [-0.1, -0.05) is 18.2 Å². The van der Waals surface area contributed by atoms with Crippen molar-refractivity contribution >= 4 is 11.7 Å². The summed E-state index contributed by atoms with van der Waals surface area (Å²) in [6.07, 6.45) is 0.0914. The number of ether oxygens (including phenoxy) is 2. The minimum absolute atomic E-state index is 0.0845. The van der Waals surface area contributed by atoms with Gasteiger partial charge in [0.1, 0.15) is 0 Å². The normalized spacial score (nSPS) is 19.3. The van der Waals surface area contributed by atoms with E-state index < -0.39 is 0 Å². The fraction of sp³-hybridized carbons (Fsp3) is 0.500. The van der Waals surface area contributed by atoms with E-state index in [9.17, 15) is 4.79 Å². The topological polar surface area (TPSA) is 50.8 Å². The third kappa shape index (κ3) is 3.68. The molecule has 104 valence electrons. The summed E-state index contributed by atoms with van der Waals surface area (Å²) in [4.78, 5) is 14.0. The highest BCUT2D eigenvalue weighted by Gasteiger charge is 2.21. The number of nitrogens with one attached hydrogen (secondary N) is 1. The molecule has 1 saturated heterocycles. The van der Waals surface area contributed by atoms with E-state index in [0.717, 1.165) is 11.3 Å². The number of morpholine rings is 1. The predicted octanol–water partition coefficient (Wildman–Crippen LogP) is 2.09. The van der Waals surface area contributed by atoms with Crippen LogP contribution in [0.5, 0.6) is 0 Å². The summed E-state index contributed by atoms with van der Waals surface area (Å²) in [7, 11) is 1.64. The van der Waals surface area contributed by atoms with Gasteiger partial charge in [-0.25, -0.2) is 4.79 Å². The third-order valence-corrected chi connectivity index (χ3v) is 3.09. The Morgan fingerprint density at radius 3 is 3.05 bits per heavy atom. The number of hydrogen-bond donors (Lipinski definition) is 1. The molecule has 0 aromatic heterocycles. The van der Waals surface area contributed by atoms with E-state index >= 15 is 0 Å². The van der Waals surface area contributed by atoms with Crippen LogP contribution in [-0.4, -0.2) is 43.8 Å². The average molecular weight is 264 g/mol. The quantitative estimate of drug-likeness (QED) is 0.909. The number of nitrogens with zero attached hydrogens (tertiary/aromatic N) is 1. The number of hydrogen-bond acceptors (Lipinski definition) is 3. The number of methoxy groups -OCH3 is 1. The first-order chi connectivity index (χ1) is 9.20. The molecule has 1 unspecified atom stereocenters. The maximum Gasteiger partial charge on any atom is 0.322 e. The van der Waals surface area contributed by atoms with Crippen molar-refractivity contribution in [2.24, 2.45) is 0 Å². The number of anilines is 1. The second-order valence-electron chi connectivity index (χ2n) is 4.65. The van der Waals surface area contributed by atoms with Gasteiger partial charge in [0.2, 0.25) is 0 Å². The van der Waals surface area contributed by atoms with Crippen LogP contribution in [0.25, 0.3) is 0 Å². The van der Waals surface area contributed by atoms with E-state index in [-0.39, 0.29) is 12.1 Å². The van der Waals surface area contributed by atoms with Crippen molar-refractivity contribution in [1.29, 1.82) is 0 Å². The Bertz CT molecular complexity index is 436. The SMILES string of the molecule is COCc1ccccc1NC(=O)N1CCOC(C)C1. The molecule has 1 fully saturated rings. The van der Waals surface area contributed by atoms with E-state index in [1.165, 1.54) is 0 Å². The standard InChI is InChI=1S/C14H20N2O3/c1-11-9-16(7-8-19-11)14(17)15-13-6-4-3-5-12(13)10-18-2/h3-6,11H,7-10H2,1-2H3,(H,15,17). The molecule has 2 rings (SSSR count). The number of amides is 2. The van der Waals surface area contributed by atoms with Gasteiger partial charge in [-0.05, 0) is 13.0 Å². The average Bonchev–Trinajstić information content (AvgIpc) is 2.41. The second kappa shape index (κ2) is 6.54. The van der Waals surface area contributed by atoms with Gasteiger partial charge in [0.15, 0.2) is 0 Å². The van der Waals surface area contributed by atoms with Crippen molar-refractivity contribution in [3.8, 4) is 0 Å². The fourth-order valence-electron chi connectivity index (χ4n) is 2.12. The lowest BCUT2D eigenvalue weighted by Crippen LogP contribution is -2.46. The van der Waals surface area contributed by atoms with Gasteiger partial charge in [0.25, 0.3) is 0 Å². The van der Waals surface area contributed by atoms with Crippen molar-refractivity contribution in [2.75, 3.05) is 32.1 Å². The first kappa shape index (κ1) is 13.8. The molecule has 0 spiro atoms. The van der Waals surface area contributed by atoms with Crippen molar-refractivity contribution < 1.29 is 14.3 Å². The van der Waals surface area contributed by atoms with Crippen LogP contribution in [0.4, 0.5) is 10.5 Å². The molecule has 1 aliphatic heterocycles. The maximum absolute atomic E-state index is 12.2. The zero-order valence-corrected chi connectivity index (χ0v) is 11.4. The molecule has 1 aromatic carbocycles. The molecule has 1 N–H and O–H groups in total. The summed E-state index contributed by atoms with van der Waals surface area (Å²) in [5.41, 5.74) is 1.77. The Morgan fingerprint density at radius 1 is 1.53 bits per heavy atom. The largest absolute Gasteiger partial charge is 0.380 e. The number of carbonyl (C=O) groups excluding carboxylic acids is 1. The van der Waals surface area contributed by atoms with Crippen LogP contribution < -0.4 is 5.32 Å². The van der Waals surface area contributed by atoms with Gasteiger partial charge in [-0.3, -0.25) is 0 Å². The van der Waals surface area contributed by atoms with Crippen LogP contribution in [0.2, 0.25) is 0 Å². The summed E-state index contributed by atoms with van der Waals surface area (Å²) in [6, 6.07) is 7.58. The van der Waals surface area contributed by atoms with Gasteiger partial charge in [0.05, 0.1) is 19.3 Å². The van der Waals surface area contributed by atoms with Gasteiger partial charge in [0, 0.05) is 31.5 Å². The highest BCUT2D eigenvalue weighted by Crippen LogP contribution is 2.17. The Labute approximate surface area is 113 Å². The molecule has 0 bridgehead atoms. The van der Waals surface area contributed by atoms with E-state index in [4.69, 9.17) is 9.47 Å². The Kier molecular flexibility index (Phi) is 4.76. The number of benzene rings is 1. The third-order valence-electron chi connectivity index (χ3n) is 3.09. The molecule has 0 radical (unpaired) electrons. The monoisotopic (exact) mass is 264 g/mol. The second-order valence-corrected chi connectivity index (χ2v) is 4.65. The van der Waals surface area contributed by atoms with Crippen molar-refractivity contribution in [3.05, 3.63) is 29.8 Å². The van der Waals surface area contributed by atoms with Crippen LogP contribution in [0.1, 0.15) is 12.5 Å². The van der Waals surface area contributed by atoms with Gasteiger partial charge in [-0.15, -0.1) is 0 Å². The molecule has 1 aromatic rings. The number of carbonyl (C=O) groups is 1. The van der Waals surface area contributed by atoms with Crippen LogP contribution in [0, 0.1) is 0 Å². The molecule has 5 nitrogen and oxygen atoms in total. The van der Waals surface area contributed by atoms with E-state index in [0.29, 0.717) is 26.3 Å². The van der Waals surface area contributed by atoms with Gasteiger partial charge >= 0.3 is 6.03 Å². The lowest BCUT2D eigenvalue weighted by atomic mass is 10.2. The molecule has 1 atom stereocenters. The number of rotatable bonds is 3. The van der Waals surface area contributed by atoms with Crippen LogP contribution in [-0.2, 0) is 16.1 Å². The summed E-state index contributed by atoms with van der Waals surface area (Å²) in [6.45, 7) is 4.30. The summed E-state index contributed by atoms with van der Waals surface area (Å²) in [5, 5.41) is 2.94. The number of para-hydroxylation sites is 1. The molecular formula is C14H20N2O3.